The fraction of sp³-hybridized carbons (Fsp3) is 0.476. The van der Waals surface area contributed by atoms with Gasteiger partial charge in [-0.05, 0) is 36.5 Å². The van der Waals surface area contributed by atoms with Crippen molar-refractivity contribution in [3.8, 4) is 5.75 Å². The van der Waals surface area contributed by atoms with Gasteiger partial charge in [0.1, 0.15) is 11.3 Å². The topological polar surface area (TPSA) is 97.6 Å². The maximum absolute atomic E-state index is 12.0. The van der Waals surface area contributed by atoms with Crippen LogP contribution >= 0.6 is 0 Å². The van der Waals surface area contributed by atoms with Crippen LogP contribution in [0.1, 0.15) is 57.4 Å². The largest absolute Gasteiger partial charge is 0.484 e. The Bertz CT molecular complexity index is 913. The van der Waals surface area contributed by atoms with Crippen molar-refractivity contribution in [2.45, 2.75) is 57.9 Å². The molecule has 0 atom stereocenters. The predicted octanol–water partition coefficient (Wildman–Crippen LogP) is 3.45. The number of carbonyl (C=O) groups is 2. The van der Waals surface area contributed by atoms with E-state index in [0.29, 0.717) is 11.3 Å². The summed E-state index contributed by atoms with van der Waals surface area (Å²) in [6.07, 6.45) is 5.27. The number of nitrogens with one attached hydrogen (secondary N) is 2. The molecule has 1 aliphatic carbocycles. The Kier molecular flexibility index (Phi) is 6.34. The number of imide groups is 1. The van der Waals surface area contributed by atoms with E-state index in [9.17, 15) is 14.4 Å². The van der Waals surface area contributed by atoms with Gasteiger partial charge in [0.2, 0.25) is 0 Å². The highest BCUT2D eigenvalue weighted by molar-refractivity contribution is 5.95. The summed E-state index contributed by atoms with van der Waals surface area (Å²) in [6.45, 7) is 3.69. The first-order valence-electron chi connectivity index (χ1n) is 9.73. The van der Waals surface area contributed by atoms with Gasteiger partial charge in [0.25, 0.3) is 5.91 Å². The molecule has 3 rings (SSSR count). The first-order valence-corrected chi connectivity index (χ1v) is 9.73. The molecule has 28 heavy (non-hydrogen) atoms. The molecule has 3 amide bonds. The molecular formula is C21H26N2O5. The summed E-state index contributed by atoms with van der Waals surface area (Å²) < 4.78 is 10.7. The SMILES string of the molecule is CC(C)c1cc(=O)oc2cc(OCC(=O)NC(=O)NC3CCCCC3)ccc12. The van der Waals surface area contributed by atoms with Crippen LogP contribution in [0.25, 0.3) is 11.0 Å². The lowest BCUT2D eigenvalue weighted by Crippen LogP contribution is -2.46. The van der Waals surface area contributed by atoms with Gasteiger partial charge >= 0.3 is 11.7 Å². The van der Waals surface area contributed by atoms with E-state index in [2.05, 4.69) is 10.6 Å². The number of benzene rings is 1. The van der Waals surface area contributed by atoms with Crippen LogP contribution in [0.3, 0.4) is 0 Å². The molecule has 0 saturated heterocycles. The molecule has 150 valence electrons. The van der Waals surface area contributed by atoms with Crippen LogP contribution in [0, 0.1) is 0 Å². The van der Waals surface area contributed by atoms with E-state index in [0.717, 1.165) is 36.6 Å². The number of hydrogen-bond donors (Lipinski definition) is 2. The van der Waals surface area contributed by atoms with E-state index in [1.165, 1.54) is 12.5 Å². The Hall–Kier alpha value is -2.83. The monoisotopic (exact) mass is 386 g/mol. The van der Waals surface area contributed by atoms with E-state index in [1.54, 1.807) is 18.2 Å². The van der Waals surface area contributed by atoms with Crippen LogP contribution < -0.4 is 21.0 Å². The van der Waals surface area contributed by atoms with E-state index >= 15 is 0 Å². The van der Waals surface area contributed by atoms with Gasteiger partial charge in [0.15, 0.2) is 6.61 Å². The van der Waals surface area contributed by atoms with Crippen molar-refractivity contribution in [2.24, 2.45) is 0 Å². The second-order valence-electron chi connectivity index (χ2n) is 7.48. The van der Waals surface area contributed by atoms with Gasteiger partial charge in [-0.3, -0.25) is 10.1 Å². The molecule has 1 fully saturated rings. The molecule has 0 bridgehead atoms. The first kappa shape index (κ1) is 19.9. The van der Waals surface area contributed by atoms with Crippen molar-refractivity contribution in [3.05, 3.63) is 40.2 Å². The van der Waals surface area contributed by atoms with Gasteiger partial charge in [-0.15, -0.1) is 0 Å². The maximum Gasteiger partial charge on any atom is 0.336 e. The second-order valence-corrected chi connectivity index (χ2v) is 7.48. The van der Waals surface area contributed by atoms with Crippen molar-refractivity contribution in [2.75, 3.05) is 6.61 Å². The molecule has 1 saturated carbocycles. The summed E-state index contributed by atoms with van der Waals surface area (Å²) in [4.78, 5) is 35.6. The third kappa shape index (κ3) is 5.12. The Morgan fingerprint density at radius 1 is 1.18 bits per heavy atom. The molecule has 1 heterocycles. The minimum absolute atomic E-state index is 0.126. The van der Waals surface area contributed by atoms with Gasteiger partial charge in [0, 0.05) is 23.6 Å². The van der Waals surface area contributed by atoms with Crippen molar-refractivity contribution >= 4 is 22.9 Å². The fourth-order valence-corrected chi connectivity index (χ4v) is 3.52. The predicted molar refractivity (Wildman–Crippen MR) is 106 cm³/mol. The minimum atomic E-state index is -0.536. The van der Waals surface area contributed by atoms with Crippen LogP contribution in [-0.4, -0.2) is 24.6 Å². The highest BCUT2D eigenvalue weighted by Crippen LogP contribution is 2.27. The number of ether oxygens (including phenoxy) is 1. The standard InChI is InChI=1S/C21H26N2O5/c1-13(2)17-11-20(25)28-18-10-15(8-9-16(17)18)27-12-19(24)23-21(26)22-14-6-4-3-5-7-14/h8-11,13-14H,3-7,12H2,1-2H3,(H2,22,23,24,26). The van der Waals surface area contributed by atoms with Crippen molar-refractivity contribution in [1.29, 1.82) is 0 Å². The van der Waals surface area contributed by atoms with Gasteiger partial charge in [-0.2, -0.15) is 0 Å². The van der Waals surface area contributed by atoms with Crippen molar-refractivity contribution in [1.82, 2.24) is 10.6 Å². The minimum Gasteiger partial charge on any atom is -0.484 e. The smallest absolute Gasteiger partial charge is 0.336 e. The third-order valence-electron chi connectivity index (χ3n) is 4.93. The molecule has 0 spiro atoms. The number of amides is 3. The molecule has 0 aliphatic heterocycles. The van der Waals surface area contributed by atoms with Crippen molar-refractivity contribution < 1.29 is 18.7 Å². The lowest BCUT2D eigenvalue weighted by molar-refractivity contribution is -0.122. The van der Waals surface area contributed by atoms with Crippen molar-refractivity contribution in [3.63, 3.8) is 0 Å². The summed E-state index contributed by atoms with van der Waals surface area (Å²) in [5.74, 6) is 0.0250. The summed E-state index contributed by atoms with van der Waals surface area (Å²) in [7, 11) is 0. The number of urea groups is 1. The molecule has 2 aromatic rings. The lowest BCUT2D eigenvalue weighted by atomic mass is 9.96. The van der Waals surface area contributed by atoms with Crippen LogP contribution in [0.4, 0.5) is 4.79 Å². The third-order valence-corrected chi connectivity index (χ3v) is 4.93. The Labute approximate surface area is 163 Å². The maximum atomic E-state index is 12.0. The quantitative estimate of drug-likeness (QED) is 0.767. The molecule has 0 unspecified atom stereocenters. The molecule has 1 aromatic heterocycles. The van der Waals surface area contributed by atoms with Gasteiger partial charge in [-0.1, -0.05) is 33.1 Å². The van der Waals surface area contributed by atoms with Gasteiger partial charge in [0.05, 0.1) is 0 Å². The fourth-order valence-electron chi connectivity index (χ4n) is 3.52. The highest BCUT2D eigenvalue weighted by atomic mass is 16.5. The molecule has 7 heteroatoms. The Balaban J connectivity index is 1.57. The van der Waals surface area contributed by atoms with Crippen LogP contribution in [0.5, 0.6) is 5.75 Å². The van der Waals surface area contributed by atoms with Crippen LogP contribution in [0.2, 0.25) is 0 Å². The Morgan fingerprint density at radius 3 is 2.64 bits per heavy atom. The number of rotatable bonds is 5. The number of hydrogen-bond acceptors (Lipinski definition) is 5. The summed E-state index contributed by atoms with van der Waals surface area (Å²) >= 11 is 0. The number of fused-ring (bicyclic) bond motifs is 1. The summed E-state index contributed by atoms with van der Waals surface area (Å²) in [6, 6.07) is 6.22. The van der Waals surface area contributed by atoms with E-state index < -0.39 is 17.6 Å². The average Bonchev–Trinajstić information content (AvgIpc) is 2.66. The molecule has 2 N–H and O–H groups in total. The molecule has 7 nitrogen and oxygen atoms in total. The van der Waals surface area contributed by atoms with Gasteiger partial charge < -0.3 is 14.5 Å². The normalized spacial score (nSPS) is 14.8. The van der Waals surface area contributed by atoms with Crippen LogP contribution in [-0.2, 0) is 4.79 Å². The zero-order valence-electron chi connectivity index (χ0n) is 16.2. The highest BCUT2D eigenvalue weighted by Gasteiger charge is 2.17. The van der Waals surface area contributed by atoms with E-state index in [4.69, 9.17) is 9.15 Å². The van der Waals surface area contributed by atoms with E-state index in [-0.39, 0.29) is 18.6 Å². The molecule has 0 radical (unpaired) electrons. The lowest BCUT2D eigenvalue weighted by Gasteiger charge is -2.22. The average molecular weight is 386 g/mol. The van der Waals surface area contributed by atoms with Gasteiger partial charge in [-0.25, -0.2) is 9.59 Å². The van der Waals surface area contributed by atoms with Crippen LogP contribution in [0.15, 0.2) is 33.5 Å². The summed E-state index contributed by atoms with van der Waals surface area (Å²) in [5.41, 5.74) is 0.879. The molecule has 1 aromatic carbocycles. The van der Waals surface area contributed by atoms with E-state index in [1.807, 2.05) is 13.8 Å². The zero-order valence-corrected chi connectivity index (χ0v) is 16.2. The Morgan fingerprint density at radius 2 is 1.93 bits per heavy atom. The molecule has 1 aliphatic rings. The second kappa shape index (κ2) is 8.91. The first-order chi connectivity index (χ1) is 13.4. The number of carbonyl (C=O) groups excluding carboxylic acids is 2. The summed E-state index contributed by atoms with van der Waals surface area (Å²) in [5, 5.41) is 5.93. The zero-order chi connectivity index (χ0) is 20.1. The molecular weight excluding hydrogens is 360 g/mol.